The number of anilines is 1. The Hall–Kier alpha value is -2.43. The van der Waals surface area contributed by atoms with Gasteiger partial charge in [-0.1, -0.05) is 19.9 Å². The molecule has 20 heavy (non-hydrogen) atoms. The molecule has 0 spiro atoms. The Bertz CT molecular complexity index is 596. The number of nitrogens with one attached hydrogen (secondary N) is 1. The van der Waals surface area contributed by atoms with Crippen LogP contribution in [0.4, 0.5) is 5.82 Å². The first-order valence-corrected chi connectivity index (χ1v) is 6.51. The number of carbonyl (C=O) groups is 1. The summed E-state index contributed by atoms with van der Waals surface area (Å²) < 4.78 is 0. The molecule has 0 aliphatic heterocycles. The number of pyridine rings is 2. The fraction of sp³-hybridized carbons (Fsp3) is 0.267. The lowest BCUT2D eigenvalue weighted by molar-refractivity contribution is 0.0950. The highest BCUT2D eigenvalue weighted by molar-refractivity contribution is 5.94. The Kier molecular flexibility index (Phi) is 4.30. The van der Waals surface area contributed by atoms with Crippen LogP contribution in [-0.4, -0.2) is 15.9 Å². The van der Waals surface area contributed by atoms with Crippen LogP contribution < -0.4 is 11.1 Å². The van der Waals surface area contributed by atoms with Gasteiger partial charge in [0.2, 0.25) is 0 Å². The number of rotatable bonds is 4. The molecule has 3 N–H and O–H groups in total. The largest absolute Gasteiger partial charge is 0.384 e. The van der Waals surface area contributed by atoms with E-state index in [1.807, 2.05) is 26.0 Å². The van der Waals surface area contributed by atoms with E-state index in [0.29, 0.717) is 17.9 Å². The van der Waals surface area contributed by atoms with Crippen LogP contribution in [0.2, 0.25) is 0 Å². The Morgan fingerprint density at radius 3 is 2.85 bits per heavy atom. The Balaban J connectivity index is 2.09. The SMILES string of the molecule is CC(C)c1cc(C(=O)NCc2cccnc2)cc(N)n1. The standard InChI is InChI=1S/C15H18N4O/c1-10(2)13-6-12(7-14(16)19-13)15(20)18-9-11-4-3-5-17-8-11/h3-8,10H,9H2,1-2H3,(H2,16,19)(H,18,20). The van der Waals surface area contributed by atoms with Gasteiger partial charge in [0.05, 0.1) is 0 Å². The second-order valence-corrected chi connectivity index (χ2v) is 4.90. The van der Waals surface area contributed by atoms with Crippen molar-refractivity contribution in [2.45, 2.75) is 26.3 Å². The number of nitrogen functional groups attached to an aromatic ring is 1. The third kappa shape index (κ3) is 3.54. The Labute approximate surface area is 118 Å². The molecule has 2 rings (SSSR count). The van der Waals surface area contributed by atoms with Gasteiger partial charge in [-0.3, -0.25) is 9.78 Å². The molecule has 2 aromatic heterocycles. The normalized spacial score (nSPS) is 10.6. The highest BCUT2D eigenvalue weighted by atomic mass is 16.1. The lowest BCUT2D eigenvalue weighted by Gasteiger charge is -2.09. The number of hydrogen-bond acceptors (Lipinski definition) is 4. The number of hydrogen-bond donors (Lipinski definition) is 2. The summed E-state index contributed by atoms with van der Waals surface area (Å²) in [6, 6.07) is 7.11. The maximum atomic E-state index is 12.1. The molecule has 0 saturated carbocycles. The summed E-state index contributed by atoms with van der Waals surface area (Å²) in [4.78, 5) is 20.4. The lowest BCUT2D eigenvalue weighted by Crippen LogP contribution is -2.23. The molecule has 0 bridgehead atoms. The van der Waals surface area contributed by atoms with Gasteiger partial charge in [0, 0.05) is 30.2 Å². The predicted octanol–water partition coefficient (Wildman–Crippen LogP) is 2.11. The molecule has 1 amide bonds. The summed E-state index contributed by atoms with van der Waals surface area (Å²) in [6.07, 6.45) is 3.42. The Morgan fingerprint density at radius 2 is 2.20 bits per heavy atom. The van der Waals surface area contributed by atoms with E-state index < -0.39 is 0 Å². The first-order chi connectivity index (χ1) is 9.56. The molecule has 0 radical (unpaired) electrons. The molecule has 0 unspecified atom stereocenters. The van der Waals surface area contributed by atoms with E-state index in [9.17, 15) is 4.79 Å². The van der Waals surface area contributed by atoms with Crippen LogP contribution in [0.25, 0.3) is 0 Å². The molecule has 5 heteroatoms. The zero-order chi connectivity index (χ0) is 14.5. The lowest BCUT2D eigenvalue weighted by atomic mass is 10.1. The molecule has 0 atom stereocenters. The van der Waals surface area contributed by atoms with Crippen molar-refractivity contribution >= 4 is 11.7 Å². The maximum Gasteiger partial charge on any atom is 0.251 e. The van der Waals surface area contributed by atoms with Gasteiger partial charge < -0.3 is 11.1 Å². The second-order valence-electron chi connectivity index (χ2n) is 4.90. The molecule has 104 valence electrons. The van der Waals surface area contributed by atoms with E-state index in [2.05, 4.69) is 15.3 Å². The van der Waals surface area contributed by atoms with Gasteiger partial charge in [-0.05, 0) is 29.7 Å². The van der Waals surface area contributed by atoms with E-state index in [-0.39, 0.29) is 11.8 Å². The highest BCUT2D eigenvalue weighted by Crippen LogP contribution is 2.16. The summed E-state index contributed by atoms with van der Waals surface area (Å²) in [6.45, 7) is 4.46. The van der Waals surface area contributed by atoms with Crippen molar-refractivity contribution in [2.75, 3.05) is 5.73 Å². The van der Waals surface area contributed by atoms with Crippen LogP contribution in [0.5, 0.6) is 0 Å². The van der Waals surface area contributed by atoms with Crippen LogP contribution in [0, 0.1) is 0 Å². The minimum absolute atomic E-state index is 0.162. The summed E-state index contributed by atoms with van der Waals surface area (Å²) >= 11 is 0. The molecule has 0 saturated heterocycles. The fourth-order valence-corrected chi connectivity index (χ4v) is 1.79. The van der Waals surface area contributed by atoms with Crippen molar-refractivity contribution in [3.63, 3.8) is 0 Å². The van der Waals surface area contributed by atoms with E-state index >= 15 is 0 Å². The van der Waals surface area contributed by atoms with Gasteiger partial charge >= 0.3 is 0 Å². The van der Waals surface area contributed by atoms with Crippen molar-refractivity contribution in [2.24, 2.45) is 0 Å². The van der Waals surface area contributed by atoms with Gasteiger partial charge in [-0.25, -0.2) is 4.98 Å². The van der Waals surface area contributed by atoms with Crippen molar-refractivity contribution in [1.29, 1.82) is 0 Å². The molecular weight excluding hydrogens is 252 g/mol. The first kappa shape index (κ1) is 14.0. The van der Waals surface area contributed by atoms with Crippen LogP contribution in [0.3, 0.4) is 0 Å². The predicted molar refractivity (Wildman–Crippen MR) is 78.1 cm³/mol. The van der Waals surface area contributed by atoms with Crippen LogP contribution >= 0.6 is 0 Å². The van der Waals surface area contributed by atoms with E-state index in [0.717, 1.165) is 11.3 Å². The monoisotopic (exact) mass is 270 g/mol. The van der Waals surface area contributed by atoms with Crippen LogP contribution in [0.15, 0.2) is 36.7 Å². The average Bonchev–Trinajstić information content (AvgIpc) is 2.45. The number of amides is 1. The molecule has 5 nitrogen and oxygen atoms in total. The van der Waals surface area contributed by atoms with Crippen molar-refractivity contribution < 1.29 is 4.79 Å². The zero-order valence-corrected chi connectivity index (χ0v) is 11.6. The first-order valence-electron chi connectivity index (χ1n) is 6.51. The maximum absolute atomic E-state index is 12.1. The molecule has 2 aromatic rings. The smallest absolute Gasteiger partial charge is 0.251 e. The molecule has 0 aliphatic carbocycles. The van der Waals surface area contributed by atoms with Crippen LogP contribution in [-0.2, 0) is 6.54 Å². The second kappa shape index (κ2) is 6.14. The van der Waals surface area contributed by atoms with Gasteiger partial charge in [0.25, 0.3) is 5.91 Å². The van der Waals surface area contributed by atoms with E-state index in [1.54, 1.807) is 24.5 Å². The minimum atomic E-state index is -0.162. The third-order valence-electron chi connectivity index (χ3n) is 2.89. The summed E-state index contributed by atoms with van der Waals surface area (Å²) in [5, 5.41) is 2.85. The van der Waals surface area contributed by atoms with Gasteiger partial charge in [-0.15, -0.1) is 0 Å². The number of nitrogens with zero attached hydrogens (tertiary/aromatic N) is 2. The number of aromatic nitrogens is 2. The molecular formula is C15H18N4O. The van der Waals surface area contributed by atoms with Gasteiger partial charge in [-0.2, -0.15) is 0 Å². The van der Waals surface area contributed by atoms with E-state index in [1.165, 1.54) is 0 Å². The number of nitrogens with two attached hydrogens (primary N) is 1. The Morgan fingerprint density at radius 1 is 1.40 bits per heavy atom. The van der Waals surface area contributed by atoms with Gasteiger partial charge in [0.15, 0.2) is 0 Å². The highest BCUT2D eigenvalue weighted by Gasteiger charge is 2.10. The van der Waals surface area contributed by atoms with Crippen molar-refractivity contribution in [1.82, 2.24) is 15.3 Å². The topological polar surface area (TPSA) is 80.9 Å². The molecule has 2 heterocycles. The fourth-order valence-electron chi connectivity index (χ4n) is 1.79. The van der Waals surface area contributed by atoms with Crippen LogP contribution in [0.1, 0.15) is 41.4 Å². The van der Waals surface area contributed by atoms with Crippen molar-refractivity contribution in [3.05, 3.63) is 53.5 Å². The number of carbonyl (C=O) groups excluding carboxylic acids is 1. The summed E-state index contributed by atoms with van der Waals surface area (Å²) in [7, 11) is 0. The minimum Gasteiger partial charge on any atom is -0.384 e. The van der Waals surface area contributed by atoms with Crippen molar-refractivity contribution in [3.8, 4) is 0 Å². The van der Waals surface area contributed by atoms with Gasteiger partial charge in [0.1, 0.15) is 5.82 Å². The zero-order valence-electron chi connectivity index (χ0n) is 11.6. The quantitative estimate of drug-likeness (QED) is 0.891. The van der Waals surface area contributed by atoms with E-state index in [4.69, 9.17) is 5.73 Å². The molecule has 0 aromatic carbocycles. The summed E-state index contributed by atoms with van der Waals surface area (Å²) in [5.41, 5.74) is 8.04. The summed E-state index contributed by atoms with van der Waals surface area (Å²) in [5.74, 6) is 0.427. The third-order valence-corrected chi connectivity index (χ3v) is 2.89. The average molecular weight is 270 g/mol. The molecule has 0 aliphatic rings. The molecule has 0 fully saturated rings.